The van der Waals surface area contributed by atoms with Crippen molar-refractivity contribution in [2.75, 3.05) is 6.54 Å². The molecule has 0 spiro atoms. The third kappa shape index (κ3) is 3.17. The van der Waals surface area contributed by atoms with Crippen molar-refractivity contribution in [1.82, 2.24) is 25.4 Å². The first-order chi connectivity index (χ1) is 9.09. The highest BCUT2D eigenvalue weighted by atomic mass is 16.2. The summed E-state index contributed by atoms with van der Waals surface area (Å²) in [6.07, 6.45) is 3.35. The van der Waals surface area contributed by atoms with Crippen molar-refractivity contribution >= 4 is 11.8 Å². The van der Waals surface area contributed by atoms with E-state index in [4.69, 9.17) is 0 Å². The monoisotopic (exact) mass is 265 g/mol. The van der Waals surface area contributed by atoms with Gasteiger partial charge in [-0.2, -0.15) is 5.10 Å². The molecule has 2 N–H and O–H groups in total. The van der Waals surface area contributed by atoms with Crippen LogP contribution in [0.3, 0.4) is 0 Å². The summed E-state index contributed by atoms with van der Waals surface area (Å²) in [7, 11) is 0. The normalized spacial score (nSPS) is 19.7. The number of imide groups is 1. The molecule has 1 aromatic heterocycles. The molecule has 0 radical (unpaired) electrons. The van der Waals surface area contributed by atoms with Gasteiger partial charge in [-0.25, -0.2) is 4.98 Å². The number of carbonyl (C=O) groups is 2. The third-order valence-corrected chi connectivity index (χ3v) is 3.15. The Kier molecular flexibility index (Phi) is 4.26. The van der Waals surface area contributed by atoms with Gasteiger partial charge in [-0.15, -0.1) is 0 Å². The summed E-state index contributed by atoms with van der Waals surface area (Å²) in [6.45, 7) is 4.38. The summed E-state index contributed by atoms with van der Waals surface area (Å²) in [4.78, 5) is 29.1. The predicted molar refractivity (Wildman–Crippen MR) is 68.1 cm³/mol. The molecule has 19 heavy (non-hydrogen) atoms. The number of amides is 2. The highest BCUT2D eigenvalue weighted by molar-refractivity contribution is 6.05. The quantitative estimate of drug-likeness (QED) is 0.552. The summed E-state index contributed by atoms with van der Waals surface area (Å²) in [6, 6.07) is -0.439. The average Bonchev–Trinajstić information content (AvgIpc) is 2.93. The highest BCUT2D eigenvalue weighted by Crippen LogP contribution is 2.16. The molecule has 7 nitrogen and oxygen atoms in total. The molecule has 1 aliphatic heterocycles. The van der Waals surface area contributed by atoms with Gasteiger partial charge < -0.3 is 5.32 Å². The number of aromatic nitrogens is 3. The summed E-state index contributed by atoms with van der Waals surface area (Å²) < 4.78 is 0. The molecular formula is C12H19N5O2. The number of aromatic amines is 1. The van der Waals surface area contributed by atoms with Crippen molar-refractivity contribution in [2.24, 2.45) is 0 Å². The highest BCUT2D eigenvalue weighted by Gasteiger charge is 2.39. The number of hydrogen-bond acceptors (Lipinski definition) is 5. The molecule has 1 fully saturated rings. The maximum Gasteiger partial charge on any atom is 0.247 e. The average molecular weight is 265 g/mol. The summed E-state index contributed by atoms with van der Waals surface area (Å²) in [5, 5.41) is 9.69. The lowest BCUT2D eigenvalue weighted by Crippen LogP contribution is -2.42. The van der Waals surface area contributed by atoms with E-state index in [1.807, 2.05) is 13.8 Å². The van der Waals surface area contributed by atoms with E-state index in [-0.39, 0.29) is 30.3 Å². The molecule has 1 aromatic rings. The van der Waals surface area contributed by atoms with E-state index in [2.05, 4.69) is 20.5 Å². The van der Waals surface area contributed by atoms with Crippen LogP contribution in [-0.2, 0) is 16.0 Å². The first-order valence-electron chi connectivity index (χ1n) is 6.53. The molecule has 2 rings (SSSR count). The number of rotatable bonds is 6. The molecule has 7 heteroatoms. The molecule has 0 saturated carbocycles. The Bertz CT molecular complexity index is 443. The Morgan fingerprint density at radius 3 is 2.89 bits per heavy atom. The van der Waals surface area contributed by atoms with Gasteiger partial charge in [0.25, 0.3) is 0 Å². The smallest absolute Gasteiger partial charge is 0.247 e. The van der Waals surface area contributed by atoms with Gasteiger partial charge in [-0.3, -0.25) is 19.6 Å². The first-order valence-corrected chi connectivity index (χ1v) is 6.53. The lowest BCUT2D eigenvalue weighted by atomic mass is 10.2. The second kappa shape index (κ2) is 5.92. The second-order valence-corrected chi connectivity index (χ2v) is 4.94. The number of aryl methyl sites for hydroxylation is 1. The minimum Gasteiger partial charge on any atom is -0.305 e. The molecule has 0 aromatic carbocycles. The van der Waals surface area contributed by atoms with Crippen molar-refractivity contribution in [1.29, 1.82) is 0 Å². The van der Waals surface area contributed by atoms with Crippen molar-refractivity contribution in [3.63, 3.8) is 0 Å². The van der Waals surface area contributed by atoms with Crippen LogP contribution < -0.4 is 5.32 Å². The molecular weight excluding hydrogens is 246 g/mol. The summed E-state index contributed by atoms with van der Waals surface area (Å²) in [5.41, 5.74) is 0. The Morgan fingerprint density at radius 2 is 2.32 bits per heavy atom. The molecule has 1 unspecified atom stereocenters. The van der Waals surface area contributed by atoms with E-state index in [0.717, 1.165) is 18.7 Å². The number of likely N-dealkylation sites (tertiary alicyclic amines) is 1. The zero-order chi connectivity index (χ0) is 13.8. The van der Waals surface area contributed by atoms with Crippen molar-refractivity contribution in [2.45, 2.75) is 45.2 Å². The standard InChI is InChI=1S/C12H19N5O2/c1-8(2)17-11(18)6-9(12(17)19)13-5-3-4-10-14-7-15-16-10/h7-9,13H,3-6H2,1-2H3,(H,14,15,16). The molecule has 104 valence electrons. The number of nitrogens with one attached hydrogen (secondary N) is 2. The van der Waals surface area contributed by atoms with Crippen LogP contribution in [0.4, 0.5) is 0 Å². The molecule has 1 atom stereocenters. The van der Waals surface area contributed by atoms with Gasteiger partial charge in [0, 0.05) is 12.5 Å². The van der Waals surface area contributed by atoms with E-state index >= 15 is 0 Å². The first kappa shape index (κ1) is 13.7. The van der Waals surface area contributed by atoms with Gasteiger partial charge in [0.05, 0.1) is 12.5 Å². The Labute approximate surface area is 111 Å². The fourth-order valence-electron chi connectivity index (χ4n) is 2.24. The minimum atomic E-state index is -0.371. The lowest BCUT2D eigenvalue weighted by Gasteiger charge is -2.19. The van der Waals surface area contributed by atoms with Gasteiger partial charge in [0.2, 0.25) is 11.8 Å². The van der Waals surface area contributed by atoms with E-state index in [9.17, 15) is 9.59 Å². The molecule has 1 aliphatic rings. The van der Waals surface area contributed by atoms with E-state index < -0.39 is 0 Å². The van der Waals surface area contributed by atoms with Gasteiger partial charge in [-0.05, 0) is 26.8 Å². The van der Waals surface area contributed by atoms with Crippen LogP contribution in [0.1, 0.15) is 32.5 Å². The van der Waals surface area contributed by atoms with Crippen molar-refractivity contribution in [3.8, 4) is 0 Å². The van der Waals surface area contributed by atoms with Crippen molar-refractivity contribution in [3.05, 3.63) is 12.2 Å². The van der Waals surface area contributed by atoms with Crippen LogP contribution in [-0.4, -0.2) is 50.5 Å². The van der Waals surface area contributed by atoms with Crippen LogP contribution in [0.5, 0.6) is 0 Å². The van der Waals surface area contributed by atoms with Gasteiger partial charge in [-0.1, -0.05) is 0 Å². The largest absolute Gasteiger partial charge is 0.305 e. The van der Waals surface area contributed by atoms with E-state index in [1.165, 1.54) is 11.2 Å². The van der Waals surface area contributed by atoms with Crippen LogP contribution in [0.15, 0.2) is 6.33 Å². The minimum absolute atomic E-state index is 0.0685. The zero-order valence-electron chi connectivity index (χ0n) is 11.2. The third-order valence-electron chi connectivity index (χ3n) is 3.15. The molecule has 1 saturated heterocycles. The van der Waals surface area contributed by atoms with Gasteiger partial charge in [0.1, 0.15) is 12.2 Å². The number of H-pyrrole nitrogens is 1. The van der Waals surface area contributed by atoms with E-state index in [0.29, 0.717) is 6.54 Å². The van der Waals surface area contributed by atoms with Gasteiger partial charge in [0.15, 0.2) is 0 Å². The van der Waals surface area contributed by atoms with Crippen LogP contribution in [0.25, 0.3) is 0 Å². The van der Waals surface area contributed by atoms with Crippen molar-refractivity contribution < 1.29 is 9.59 Å². The van der Waals surface area contributed by atoms with Crippen LogP contribution in [0, 0.1) is 0 Å². The van der Waals surface area contributed by atoms with E-state index in [1.54, 1.807) is 0 Å². The molecule has 2 heterocycles. The zero-order valence-corrected chi connectivity index (χ0v) is 11.2. The fraction of sp³-hybridized carbons (Fsp3) is 0.667. The lowest BCUT2D eigenvalue weighted by molar-refractivity contribution is -0.140. The fourth-order valence-corrected chi connectivity index (χ4v) is 2.24. The summed E-state index contributed by atoms with van der Waals surface area (Å²) in [5.74, 6) is 0.631. The maximum atomic E-state index is 12.0. The Balaban J connectivity index is 1.75. The topological polar surface area (TPSA) is 91.0 Å². The number of carbonyl (C=O) groups excluding carboxylic acids is 2. The molecule has 0 aliphatic carbocycles. The summed E-state index contributed by atoms with van der Waals surface area (Å²) >= 11 is 0. The molecule has 0 bridgehead atoms. The SMILES string of the molecule is CC(C)N1C(=O)CC(NCCCc2ncn[nH]2)C1=O. The maximum absolute atomic E-state index is 12.0. The Hall–Kier alpha value is -1.76. The molecule has 2 amide bonds. The predicted octanol–water partition coefficient (Wildman–Crippen LogP) is -0.137. The van der Waals surface area contributed by atoms with Crippen LogP contribution in [0.2, 0.25) is 0 Å². The van der Waals surface area contributed by atoms with Crippen LogP contribution >= 0.6 is 0 Å². The second-order valence-electron chi connectivity index (χ2n) is 4.94. The number of hydrogen-bond donors (Lipinski definition) is 2. The van der Waals surface area contributed by atoms with Gasteiger partial charge >= 0.3 is 0 Å². The number of nitrogens with zero attached hydrogens (tertiary/aromatic N) is 3. The Morgan fingerprint density at radius 1 is 1.53 bits per heavy atom.